The van der Waals surface area contributed by atoms with Crippen LogP contribution in [0, 0.1) is 33.1 Å². The zero-order valence-corrected chi connectivity index (χ0v) is 35.9. The molecule has 2 aliphatic heterocycles. The van der Waals surface area contributed by atoms with Gasteiger partial charge in [0.25, 0.3) is 5.91 Å². The number of amides is 3. The van der Waals surface area contributed by atoms with E-state index in [1.807, 2.05) is 90.4 Å². The fourth-order valence-electron chi connectivity index (χ4n) is 7.56. The van der Waals surface area contributed by atoms with E-state index >= 15 is 0 Å². The summed E-state index contributed by atoms with van der Waals surface area (Å²) in [4.78, 5) is 54.4. The summed E-state index contributed by atoms with van der Waals surface area (Å²) in [5, 5.41) is 26.4. The number of ether oxygens (including phenoxy) is 1. The van der Waals surface area contributed by atoms with Crippen LogP contribution in [0.1, 0.15) is 97.6 Å². The molecule has 7 rings (SSSR count). The average molecular weight is 823 g/mol. The van der Waals surface area contributed by atoms with E-state index in [0.717, 1.165) is 60.7 Å². The van der Waals surface area contributed by atoms with Crippen LogP contribution in [0.5, 0.6) is 5.75 Å². The van der Waals surface area contributed by atoms with Gasteiger partial charge in [-0.2, -0.15) is 0 Å². The largest absolute Gasteiger partial charge is 0.484 e. The molecule has 1 saturated heterocycles. The smallest absolute Gasteiger partial charge is 0.258 e. The van der Waals surface area contributed by atoms with Crippen LogP contribution in [-0.2, 0) is 14.4 Å². The van der Waals surface area contributed by atoms with Crippen LogP contribution < -0.4 is 15.4 Å². The average Bonchev–Trinajstić information content (AvgIpc) is 3.95. The van der Waals surface area contributed by atoms with Crippen LogP contribution in [0.4, 0.5) is 0 Å². The number of nitrogens with zero attached hydrogens (tertiary/aromatic N) is 6. The molecule has 0 spiro atoms. The molecule has 0 aliphatic carbocycles. The number of carbonyl (C=O) groups excluding carboxylic acids is 3. The molecule has 304 valence electrons. The van der Waals surface area contributed by atoms with Gasteiger partial charge in [0.1, 0.15) is 34.7 Å². The Morgan fingerprint density at radius 3 is 2.33 bits per heavy atom. The van der Waals surface area contributed by atoms with E-state index in [2.05, 4.69) is 44.2 Å². The first-order valence-electron chi connectivity index (χ1n) is 19.4. The molecule has 13 nitrogen and oxygen atoms in total. The van der Waals surface area contributed by atoms with E-state index in [9.17, 15) is 19.5 Å². The molecule has 58 heavy (non-hydrogen) atoms. The molecule has 5 atom stereocenters. The minimum atomic E-state index is -0.984. The van der Waals surface area contributed by atoms with Gasteiger partial charge in [-0.1, -0.05) is 45.0 Å². The number of hydrogen-bond donors (Lipinski definition) is 3. The predicted octanol–water partition coefficient (Wildman–Crippen LogP) is 6.35. The molecule has 3 amide bonds. The molecule has 3 N–H and O–H groups in total. The van der Waals surface area contributed by atoms with Gasteiger partial charge in [-0.3, -0.25) is 23.9 Å². The van der Waals surface area contributed by atoms with E-state index in [0.29, 0.717) is 5.75 Å². The standard InChI is InChI=1S/C43H50N8O5S2/c1-22-26(5)58-42-35(22)36(45-25(4)39-49-48-27(6)51(39)42)29-14-16-32(17-15-29)56-20-34(53)47-38(43(7,8)9)41(55)50-19-31(52)18-33(50)40(54)46-23(2)28-10-12-30(13-11-28)37-24(3)44-21-57-37/h10-17,21,23,25,31,33,38,52H,18-20H2,1-9H3,(H,46,54)(H,47,53)/t23-,25-,31+,33-,38+/m0/s1. The maximum Gasteiger partial charge on any atom is 0.258 e. The zero-order chi connectivity index (χ0) is 41.6. The number of rotatable bonds is 10. The number of likely N-dealkylation sites (tertiary alicyclic amines) is 1. The quantitative estimate of drug-likeness (QED) is 0.147. The molecule has 5 aromatic rings. The second-order valence-corrected chi connectivity index (χ2v) is 18.3. The highest BCUT2D eigenvalue weighted by molar-refractivity contribution is 7.15. The summed E-state index contributed by atoms with van der Waals surface area (Å²) in [5.74, 6) is 0.790. The van der Waals surface area contributed by atoms with E-state index < -0.39 is 35.4 Å². The van der Waals surface area contributed by atoms with Gasteiger partial charge in [-0.05, 0) is 87.9 Å². The Bertz CT molecular complexity index is 2370. The van der Waals surface area contributed by atoms with Gasteiger partial charge in [-0.15, -0.1) is 32.9 Å². The number of aliphatic imine (C=N–C) groups is 1. The van der Waals surface area contributed by atoms with Crippen molar-refractivity contribution in [3.8, 4) is 21.2 Å². The molecule has 5 heterocycles. The molecule has 0 saturated carbocycles. The highest BCUT2D eigenvalue weighted by Gasteiger charge is 2.45. The SMILES string of the molecule is Cc1ncsc1-c1ccc([C@H](C)NC(=O)[C@@H]2C[C@@H](O)CN2C(=O)[C@@H](NC(=O)COc2ccc(C3=N[C@@H](C)c4nnc(C)n4-c4sc(C)c(C)c43)cc2)C(C)(C)C)cc1. The summed E-state index contributed by atoms with van der Waals surface area (Å²) in [6.45, 7) is 17.2. The van der Waals surface area contributed by atoms with Crippen LogP contribution in [-0.4, -0.2) is 84.5 Å². The third-order valence-electron chi connectivity index (χ3n) is 10.9. The van der Waals surface area contributed by atoms with Gasteiger partial charge in [-0.25, -0.2) is 4.98 Å². The summed E-state index contributed by atoms with van der Waals surface area (Å²) in [6, 6.07) is 13.0. The van der Waals surface area contributed by atoms with Crippen molar-refractivity contribution < 1.29 is 24.2 Å². The maximum absolute atomic E-state index is 14.2. The molecule has 2 aromatic carbocycles. The second-order valence-electron chi connectivity index (χ2n) is 16.3. The first kappa shape index (κ1) is 40.9. The summed E-state index contributed by atoms with van der Waals surface area (Å²) in [5.41, 5.74) is 7.99. The van der Waals surface area contributed by atoms with Crippen molar-refractivity contribution in [3.63, 3.8) is 0 Å². The van der Waals surface area contributed by atoms with Crippen molar-refractivity contribution >= 4 is 46.1 Å². The number of hydrogen-bond acceptors (Lipinski definition) is 11. The van der Waals surface area contributed by atoms with Gasteiger partial charge < -0.3 is 25.4 Å². The molecule has 3 aromatic heterocycles. The van der Waals surface area contributed by atoms with Crippen LogP contribution >= 0.6 is 22.7 Å². The Kier molecular flexibility index (Phi) is 11.4. The van der Waals surface area contributed by atoms with Gasteiger partial charge in [0, 0.05) is 29.0 Å². The molecule has 2 aliphatic rings. The maximum atomic E-state index is 14.2. The molecule has 0 unspecified atom stereocenters. The molecule has 0 bridgehead atoms. The third-order valence-corrected chi connectivity index (χ3v) is 13.1. The van der Waals surface area contributed by atoms with Gasteiger partial charge >= 0.3 is 0 Å². The molecular formula is C43H50N8O5S2. The highest BCUT2D eigenvalue weighted by Crippen LogP contribution is 2.39. The molecule has 1 fully saturated rings. The van der Waals surface area contributed by atoms with Crippen LogP contribution in [0.25, 0.3) is 15.4 Å². The van der Waals surface area contributed by atoms with Crippen LogP contribution in [0.3, 0.4) is 0 Å². The van der Waals surface area contributed by atoms with E-state index in [1.54, 1.807) is 34.8 Å². The highest BCUT2D eigenvalue weighted by atomic mass is 32.1. The third kappa shape index (κ3) is 8.07. The Morgan fingerprint density at radius 2 is 1.67 bits per heavy atom. The van der Waals surface area contributed by atoms with Crippen molar-refractivity contribution in [3.05, 3.63) is 98.5 Å². The van der Waals surface area contributed by atoms with Crippen molar-refractivity contribution in [1.82, 2.24) is 35.3 Å². The Morgan fingerprint density at radius 1 is 0.983 bits per heavy atom. The van der Waals surface area contributed by atoms with Crippen molar-refractivity contribution in [2.45, 2.75) is 99.0 Å². The zero-order valence-electron chi connectivity index (χ0n) is 34.3. The molecule has 0 radical (unpaired) electrons. The number of thiophene rings is 1. The second kappa shape index (κ2) is 16.2. The Labute approximate surface area is 346 Å². The predicted molar refractivity (Wildman–Crippen MR) is 226 cm³/mol. The summed E-state index contributed by atoms with van der Waals surface area (Å²) >= 11 is 3.28. The number of aliphatic hydroxyl groups excluding tert-OH is 1. The van der Waals surface area contributed by atoms with Crippen LogP contribution in [0.15, 0.2) is 59.0 Å². The number of aryl methyl sites for hydroxylation is 3. The molecule has 15 heteroatoms. The summed E-state index contributed by atoms with van der Waals surface area (Å²) < 4.78 is 8.02. The number of aromatic nitrogens is 4. The first-order chi connectivity index (χ1) is 27.5. The normalized spacial score (nSPS) is 18.8. The lowest BCUT2D eigenvalue weighted by atomic mass is 9.85. The number of nitrogens with one attached hydrogen (secondary N) is 2. The van der Waals surface area contributed by atoms with Gasteiger partial charge in [0.15, 0.2) is 12.4 Å². The molecular weight excluding hydrogens is 773 g/mol. The first-order valence-corrected chi connectivity index (χ1v) is 21.1. The van der Waals surface area contributed by atoms with Gasteiger partial charge in [0.2, 0.25) is 11.8 Å². The number of β-amino-alcohol motifs (C(OH)–C–C–N with tert-alkyl or cyclic N) is 1. The minimum absolute atomic E-state index is 0.0190. The van der Waals surface area contributed by atoms with Crippen molar-refractivity contribution in [1.29, 1.82) is 0 Å². The summed E-state index contributed by atoms with van der Waals surface area (Å²) in [6.07, 6.45) is -0.786. The van der Waals surface area contributed by atoms with Crippen LogP contribution in [0.2, 0.25) is 0 Å². The lowest BCUT2D eigenvalue weighted by Crippen LogP contribution is -2.58. The summed E-state index contributed by atoms with van der Waals surface area (Å²) in [7, 11) is 0. The number of carbonyl (C=O) groups is 3. The van der Waals surface area contributed by atoms with E-state index in [1.165, 1.54) is 9.78 Å². The van der Waals surface area contributed by atoms with E-state index in [-0.39, 0.29) is 37.6 Å². The van der Waals surface area contributed by atoms with Crippen molar-refractivity contribution in [2.75, 3.05) is 13.2 Å². The fraction of sp³-hybridized carbons (Fsp3) is 0.419. The lowest BCUT2D eigenvalue weighted by Gasteiger charge is -2.35. The van der Waals surface area contributed by atoms with E-state index in [4.69, 9.17) is 9.73 Å². The van der Waals surface area contributed by atoms with Gasteiger partial charge in [0.05, 0.1) is 33.9 Å². The number of thiazole rings is 1. The minimum Gasteiger partial charge on any atom is -0.484 e. The Hall–Kier alpha value is -5.25. The fourth-order valence-corrected chi connectivity index (χ4v) is 9.58. The number of aliphatic hydroxyl groups is 1. The monoisotopic (exact) mass is 822 g/mol. The van der Waals surface area contributed by atoms with Crippen molar-refractivity contribution in [2.24, 2.45) is 10.4 Å². The Balaban J connectivity index is 0.996. The number of benzene rings is 2. The topological polar surface area (TPSA) is 164 Å². The lowest BCUT2D eigenvalue weighted by molar-refractivity contribution is -0.144. The number of fused-ring (bicyclic) bond motifs is 3.